The molecule has 0 unspecified atom stereocenters. The topological polar surface area (TPSA) is 91.5 Å². The minimum Gasteiger partial charge on any atom is -0.464 e. The molecule has 0 radical (unpaired) electrons. The highest BCUT2D eigenvalue weighted by atomic mass is 35.5. The zero-order chi connectivity index (χ0) is 23.1. The number of carbonyl (C=O) groups excluding carboxylic acids is 3. The van der Waals surface area contributed by atoms with Gasteiger partial charge in [-0.15, -0.1) is 0 Å². The van der Waals surface area contributed by atoms with Crippen LogP contribution in [0.4, 0.5) is 5.69 Å². The number of ether oxygens (including phenoxy) is 2. The fraction of sp³-hybridized carbons (Fsp3) is 0.591. The molecule has 1 aromatic rings. The average molecular weight is 484 g/mol. The zero-order valence-electron chi connectivity index (χ0n) is 18.4. The van der Waals surface area contributed by atoms with Gasteiger partial charge in [-0.2, -0.15) is 11.8 Å². The lowest BCUT2D eigenvalue weighted by Crippen LogP contribution is -2.55. The van der Waals surface area contributed by atoms with Crippen molar-refractivity contribution < 1.29 is 23.9 Å². The van der Waals surface area contributed by atoms with Crippen LogP contribution in [0.5, 0.6) is 0 Å². The van der Waals surface area contributed by atoms with Crippen LogP contribution in [0.2, 0.25) is 5.02 Å². The molecular formula is C22H30ClN3O5S. The largest absolute Gasteiger partial charge is 0.464 e. The third kappa shape index (κ3) is 6.30. The van der Waals surface area contributed by atoms with Gasteiger partial charge in [-0.1, -0.05) is 23.7 Å². The zero-order valence-corrected chi connectivity index (χ0v) is 20.0. The van der Waals surface area contributed by atoms with E-state index in [4.69, 9.17) is 21.1 Å². The summed E-state index contributed by atoms with van der Waals surface area (Å²) < 4.78 is 10.1. The Hall–Kier alpha value is -1.97. The summed E-state index contributed by atoms with van der Waals surface area (Å²) in [5, 5.41) is 3.50. The quantitative estimate of drug-likeness (QED) is 0.309. The summed E-state index contributed by atoms with van der Waals surface area (Å²) >= 11 is 8.00. The van der Waals surface area contributed by atoms with E-state index in [0.717, 1.165) is 17.9 Å². The maximum atomic E-state index is 13.2. The Morgan fingerprint density at radius 1 is 1.22 bits per heavy atom. The number of carbonyl (C=O) groups is 3. The van der Waals surface area contributed by atoms with Crippen LogP contribution in [0.1, 0.15) is 19.8 Å². The number of esters is 1. The fourth-order valence-corrected chi connectivity index (χ4v) is 4.47. The van der Waals surface area contributed by atoms with Gasteiger partial charge in [0.1, 0.15) is 6.04 Å². The molecule has 32 heavy (non-hydrogen) atoms. The number of benzene rings is 1. The van der Waals surface area contributed by atoms with Crippen LogP contribution in [0.15, 0.2) is 24.3 Å². The molecule has 8 nitrogen and oxygen atoms in total. The summed E-state index contributed by atoms with van der Waals surface area (Å²) in [6.45, 7) is 4.34. The van der Waals surface area contributed by atoms with E-state index in [1.165, 1.54) is 0 Å². The normalized spacial score (nSPS) is 21.1. The molecule has 2 saturated heterocycles. The molecule has 2 heterocycles. The molecule has 0 bridgehead atoms. The van der Waals surface area contributed by atoms with Crippen molar-refractivity contribution in [1.29, 1.82) is 0 Å². The summed E-state index contributed by atoms with van der Waals surface area (Å²) in [6, 6.07) is 7.02. The number of halogens is 1. The lowest BCUT2D eigenvalue weighted by molar-refractivity contribution is -0.144. The van der Waals surface area contributed by atoms with E-state index in [-0.39, 0.29) is 12.5 Å². The van der Waals surface area contributed by atoms with Gasteiger partial charge in [-0.25, -0.2) is 4.79 Å². The molecule has 1 N–H and O–H groups in total. The van der Waals surface area contributed by atoms with Crippen molar-refractivity contribution in [3.8, 4) is 0 Å². The number of anilines is 1. The molecule has 1 aromatic carbocycles. The van der Waals surface area contributed by atoms with E-state index in [9.17, 15) is 14.4 Å². The molecule has 10 heteroatoms. The maximum Gasteiger partial charge on any atom is 0.338 e. The number of hydrogen-bond acceptors (Lipinski definition) is 7. The Kier molecular flexibility index (Phi) is 9.07. The van der Waals surface area contributed by atoms with Crippen molar-refractivity contribution in [1.82, 2.24) is 10.2 Å². The Balaban J connectivity index is 1.57. The van der Waals surface area contributed by atoms with Gasteiger partial charge in [0.05, 0.1) is 17.3 Å². The minimum atomic E-state index is -0.887. The highest BCUT2D eigenvalue weighted by Crippen LogP contribution is 2.27. The van der Waals surface area contributed by atoms with Gasteiger partial charge >= 0.3 is 5.97 Å². The number of hydrogen-bond donors (Lipinski definition) is 1. The van der Waals surface area contributed by atoms with Crippen LogP contribution < -0.4 is 10.2 Å². The van der Waals surface area contributed by atoms with Gasteiger partial charge in [0.15, 0.2) is 12.2 Å². The van der Waals surface area contributed by atoms with Crippen LogP contribution in [0.3, 0.4) is 0 Å². The van der Waals surface area contributed by atoms with Gasteiger partial charge in [0.2, 0.25) is 5.91 Å². The van der Waals surface area contributed by atoms with Gasteiger partial charge < -0.3 is 24.6 Å². The van der Waals surface area contributed by atoms with Crippen molar-refractivity contribution in [2.24, 2.45) is 0 Å². The van der Waals surface area contributed by atoms with Gasteiger partial charge in [0, 0.05) is 26.2 Å². The van der Waals surface area contributed by atoms with Crippen LogP contribution in [-0.2, 0) is 23.9 Å². The van der Waals surface area contributed by atoms with Crippen molar-refractivity contribution in [3.63, 3.8) is 0 Å². The smallest absolute Gasteiger partial charge is 0.338 e. The monoisotopic (exact) mass is 483 g/mol. The average Bonchev–Trinajstić information content (AvgIpc) is 3.60. The Bertz CT molecular complexity index is 819. The third-order valence-electron chi connectivity index (χ3n) is 5.51. The second-order valence-electron chi connectivity index (χ2n) is 7.69. The summed E-state index contributed by atoms with van der Waals surface area (Å²) in [7, 11) is 0. The minimum absolute atomic E-state index is 0.105. The molecule has 0 saturated carbocycles. The Morgan fingerprint density at radius 2 is 1.94 bits per heavy atom. The van der Waals surface area contributed by atoms with Gasteiger partial charge in [-0.05, 0) is 43.9 Å². The number of thioether (sulfide) groups is 1. The van der Waals surface area contributed by atoms with Crippen LogP contribution in [0.25, 0.3) is 0 Å². The number of piperazine rings is 1. The first-order chi connectivity index (χ1) is 15.5. The summed E-state index contributed by atoms with van der Waals surface area (Å²) in [6.07, 6.45) is 1.57. The maximum absolute atomic E-state index is 13.2. The van der Waals surface area contributed by atoms with Crippen LogP contribution in [-0.4, -0.2) is 85.7 Å². The molecule has 2 fully saturated rings. The van der Waals surface area contributed by atoms with Crippen molar-refractivity contribution in [2.45, 2.75) is 38.0 Å². The molecule has 3 rings (SSSR count). The molecule has 2 aliphatic heterocycles. The molecular weight excluding hydrogens is 454 g/mol. The summed E-state index contributed by atoms with van der Waals surface area (Å²) in [5.74, 6) is -0.203. The van der Waals surface area contributed by atoms with Gasteiger partial charge in [-0.3, -0.25) is 9.59 Å². The third-order valence-corrected chi connectivity index (χ3v) is 6.53. The van der Waals surface area contributed by atoms with Crippen molar-refractivity contribution >= 4 is 46.8 Å². The SMILES string of the molecule is CCOC(=O)[C@H]1O[C@@H]1C(=O)N[C@@H](CCCSC)C(=O)N1CCN(c2ccccc2Cl)CC1. The first kappa shape index (κ1) is 24.7. The molecule has 0 aliphatic carbocycles. The first-order valence-corrected chi connectivity index (χ1v) is 12.6. The predicted octanol–water partition coefficient (Wildman–Crippen LogP) is 1.95. The number of nitrogens with zero attached hydrogens (tertiary/aromatic N) is 2. The molecule has 2 amide bonds. The number of para-hydroxylation sites is 1. The van der Waals surface area contributed by atoms with Crippen molar-refractivity contribution in [3.05, 3.63) is 29.3 Å². The lowest BCUT2D eigenvalue weighted by atomic mass is 10.1. The van der Waals surface area contributed by atoms with E-state index < -0.39 is 30.1 Å². The number of epoxide rings is 1. The first-order valence-electron chi connectivity index (χ1n) is 10.9. The van der Waals surface area contributed by atoms with E-state index in [1.54, 1.807) is 23.6 Å². The molecule has 0 aromatic heterocycles. The number of nitrogens with one attached hydrogen (secondary N) is 1. The molecule has 2 aliphatic rings. The highest BCUT2D eigenvalue weighted by Gasteiger charge is 2.52. The fourth-order valence-electron chi connectivity index (χ4n) is 3.75. The molecule has 176 valence electrons. The van der Waals surface area contributed by atoms with E-state index >= 15 is 0 Å². The summed E-state index contributed by atoms with van der Waals surface area (Å²) in [4.78, 5) is 41.5. The standard InChI is InChI=1S/C22H30ClN3O5S/c1-3-30-22(29)19-18(31-19)20(27)24-16(8-6-14-32-2)21(28)26-12-10-25(11-13-26)17-9-5-4-7-15(17)23/h4-5,7,9,16,18-19H,3,6,8,10-14H2,1-2H3,(H,24,27)/t16-,18-,19-/m0/s1. The summed E-state index contributed by atoms with van der Waals surface area (Å²) in [5.41, 5.74) is 0.960. The Morgan fingerprint density at radius 3 is 2.59 bits per heavy atom. The molecule has 0 spiro atoms. The molecule has 3 atom stereocenters. The highest BCUT2D eigenvalue weighted by molar-refractivity contribution is 7.98. The second-order valence-corrected chi connectivity index (χ2v) is 9.08. The van der Waals surface area contributed by atoms with Crippen LogP contribution >= 0.6 is 23.4 Å². The number of rotatable bonds is 10. The van der Waals surface area contributed by atoms with E-state index in [2.05, 4.69) is 10.2 Å². The van der Waals surface area contributed by atoms with Crippen molar-refractivity contribution in [2.75, 3.05) is 49.7 Å². The van der Waals surface area contributed by atoms with E-state index in [1.807, 2.05) is 30.5 Å². The number of amides is 2. The van der Waals surface area contributed by atoms with Crippen LogP contribution in [0, 0.1) is 0 Å². The van der Waals surface area contributed by atoms with E-state index in [0.29, 0.717) is 37.6 Å². The van der Waals surface area contributed by atoms with Gasteiger partial charge in [0.25, 0.3) is 5.91 Å². The predicted molar refractivity (Wildman–Crippen MR) is 125 cm³/mol. The lowest BCUT2D eigenvalue weighted by Gasteiger charge is -2.38. The Labute approximate surface area is 197 Å². The second kappa shape index (κ2) is 11.8.